The zero-order valence-electron chi connectivity index (χ0n) is 9.62. The van der Waals surface area contributed by atoms with Gasteiger partial charge in [-0.1, -0.05) is 30.9 Å². The molecule has 0 aliphatic heterocycles. The van der Waals surface area contributed by atoms with Crippen molar-refractivity contribution in [2.24, 2.45) is 0 Å². The van der Waals surface area contributed by atoms with Crippen LogP contribution in [0, 0.1) is 0 Å². The smallest absolute Gasteiger partial charge is 0.100 e. The van der Waals surface area contributed by atoms with E-state index in [4.69, 9.17) is 9.78 Å². The van der Waals surface area contributed by atoms with Gasteiger partial charge in [0.2, 0.25) is 0 Å². The third-order valence-electron chi connectivity index (χ3n) is 1.81. The minimum Gasteiger partial charge on any atom is -0.240 e. The maximum atomic E-state index is 4.92. The second kappa shape index (κ2) is 7.14. The van der Waals surface area contributed by atoms with Crippen LogP contribution in [0.4, 0.5) is 0 Å². The van der Waals surface area contributed by atoms with Gasteiger partial charge in [-0.05, 0) is 0 Å². The molecule has 0 atom stereocenters. The van der Waals surface area contributed by atoms with E-state index >= 15 is 0 Å². The summed E-state index contributed by atoms with van der Waals surface area (Å²) in [5.41, 5.74) is 0. The molecule has 0 amide bonds. The standard InChI is InChI=1S/C9H20O4Si/c1-10-12-7-6-9(8-13-11-2)14(3,4)5/h6H,7-8H2,1-5H3/b9-6-. The van der Waals surface area contributed by atoms with Gasteiger partial charge in [0.15, 0.2) is 0 Å². The van der Waals surface area contributed by atoms with E-state index in [1.807, 2.05) is 6.08 Å². The molecule has 14 heavy (non-hydrogen) atoms. The SMILES string of the molecule is COOC/C=C(/COOC)[Si](C)(C)C. The average molecular weight is 220 g/mol. The van der Waals surface area contributed by atoms with Crippen molar-refractivity contribution in [3.8, 4) is 0 Å². The Morgan fingerprint density at radius 3 is 2.07 bits per heavy atom. The first-order valence-electron chi connectivity index (χ1n) is 4.53. The van der Waals surface area contributed by atoms with Crippen molar-refractivity contribution in [3.05, 3.63) is 11.3 Å². The summed E-state index contributed by atoms with van der Waals surface area (Å²) in [5, 5.41) is 1.25. The van der Waals surface area contributed by atoms with Crippen molar-refractivity contribution < 1.29 is 19.6 Å². The number of rotatable bonds is 7. The summed E-state index contributed by atoms with van der Waals surface area (Å²) in [5.74, 6) is 0. The molecule has 0 rings (SSSR count). The maximum Gasteiger partial charge on any atom is 0.100 e. The molecule has 0 bridgehead atoms. The Balaban J connectivity index is 4.16. The normalized spacial score (nSPS) is 13.4. The van der Waals surface area contributed by atoms with Crippen molar-refractivity contribution in [2.75, 3.05) is 27.4 Å². The van der Waals surface area contributed by atoms with Gasteiger partial charge in [-0.2, -0.15) is 0 Å². The Bertz CT molecular complexity index is 174. The monoisotopic (exact) mass is 220 g/mol. The van der Waals surface area contributed by atoms with E-state index in [1.165, 1.54) is 19.4 Å². The highest BCUT2D eigenvalue weighted by molar-refractivity contribution is 6.83. The fourth-order valence-electron chi connectivity index (χ4n) is 0.907. The van der Waals surface area contributed by atoms with Crippen LogP contribution in [-0.2, 0) is 19.6 Å². The molecule has 5 heteroatoms. The van der Waals surface area contributed by atoms with Crippen LogP contribution in [0.15, 0.2) is 11.3 Å². The van der Waals surface area contributed by atoms with Gasteiger partial charge in [-0.25, -0.2) is 19.6 Å². The van der Waals surface area contributed by atoms with Crippen molar-refractivity contribution in [3.63, 3.8) is 0 Å². The molecule has 0 saturated heterocycles. The van der Waals surface area contributed by atoms with Gasteiger partial charge in [-0.3, -0.25) is 0 Å². The summed E-state index contributed by atoms with van der Waals surface area (Å²) < 4.78 is 0. The fraction of sp³-hybridized carbons (Fsp3) is 0.778. The van der Waals surface area contributed by atoms with Crippen molar-refractivity contribution in [2.45, 2.75) is 19.6 Å². The molecule has 4 nitrogen and oxygen atoms in total. The van der Waals surface area contributed by atoms with Crippen LogP contribution in [0.25, 0.3) is 0 Å². The molecule has 0 spiro atoms. The van der Waals surface area contributed by atoms with Crippen molar-refractivity contribution >= 4 is 8.07 Å². The minimum absolute atomic E-state index is 0.448. The number of hydrogen-bond acceptors (Lipinski definition) is 4. The van der Waals surface area contributed by atoms with E-state index < -0.39 is 8.07 Å². The molecule has 0 heterocycles. The summed E-state index contributed by atoms with van der Waals surface area (Å²) in [4.78, 5) is 18.8. The minimum atomic E-state index is -1.35. The van der Waals surface area contributed by atoms with Gasteiger partial charge in [0, 0.05) is 0 Å². The summed E-state index contributed by atoms with van der Waals surface area (Å²) in [6.45, 7) is 7.67. The molecular weight excluding hydrogens is 200 g/mol. The van der Waals surface area contributed by atoms with Crippen LogP contribution in [0.5, 0.6) is 0 Å². The van der Waals surface area contributed by atoms with Gasteiger partial charge in [-0.15, -0.1) is 0 Å². The van der Waals surface area contributed by atoms with Crippen LogP contribution in [-0.4, -0.2) is 35.5 Å². The second-order valence-electron chi connectivity index (χ2n) is 3.86. The van der Waals surface area contributed by atoms with Gasteiger partial charge in [0.25, 0.3) is 0 Å². The predicted octanol–water partition coefficient (Wildman–Crippen LogP) is 1.95. The lowest BCUT2D eigenvalue weighted by Crippen LogP contribution is -2.27. The lowest BCUT2D eigenvalue weighted by Gasteiger charge is -2.20. The molecule has 0 unspecified atom stereocenters. The Labute approximate surface area is 86.7 Å². The van der Waals surface area contributed by atoms with E-state index in [2.05, 4.69) is 29.4 Å². The van der Waals surface area contributed by atoms with Crippen molar-refractivity contribution in [1.82, 2.24) is 0 Å². The van der Waals surface area contributed by atoms with Crippen LogP contribution < -0.4 is 0 Å². The van der Waals surface area contributed by atoms with E-state index in [0.717, 1.165) is 0 Å². The summed E-state index contributed by atoms with van der Waals surface area (Å²) in [7, 11) is 1.65. The van der Waals surface area contributed by atoms with Crippen molar-refractivity contribution in [1.29, 1.82) is 0 Å². The Morgan fingerprint density at radius 1 is 1.07 bits per heavy atom. The molecule has 0 aromatic carbocycles. The van der Waals surface area contributed by atoms with Gasteiger partial charge in [0.1, 0.15) is 6.61 Å². The molecule has 84 valence electrons. The van der Waals surface area contributed by atoms with Crippen LogP contribution in [0.2, 0.25) is 19.6 Å². The zero-order valence-corrected chi connectivity index (χ0v) is 10.6. The topological polar surface area (TPSA) is 36.9 Å². The van der Waals surface area contributed by atoms with Gasteiger partial charge in [0.05, 0.1) is 28.9 Å². The second-order valence-corrected chi connectivity index (χ2v) is 9.00. The molecule has 0 N–H and O–H groups in total. The highest BCUT2D eigenvalue weighted by atomic mass is 28.3. The first-order valence-corrected chi connectivity index (χ1v) is 8.03. The first-order chi connectivity index (χ1) is 6.52. The quantitative estimate of drug-likeness (QED) is 0.284. The largest absolute Gasteiger partial charge is 0.240 e. The lowest BCUT2D eigenvalue weighted by molar-refractivity contribution is -0.267. The molecule has 0 aliphatic rings. The first kappa shape index (κ1) is 13.8. The molecule has 0 fully saturated rings. The molecule has 0 aromatic rings. The molecule has 0 saturated carbocycles. The fourth-order valence-corrected chi connectivity index (χ4v) is 2.09. The Morgan fingerprint density at radius 2 is 1.64 bits per heavy atom. The van der Waals surface area contributed by atoms with Gasteiger partial charge >= 0.3 is 0 Å². The molecule has 0 radical (unpaired) electrons. The summed E-state index contributed by atoms with van der Waals surface area (Å²) in [6.07, 6.45) is 1.99. The van der Waals surface area contributed by atoms with Crippen LogP contribution in [0.3, 0.4) is 0 Å². The predicted molar refractivity (Wildman–Crippen MR) is 57.4 cm³/mol. The highest BCUT2D eigenvalue weighted by Gasteiger charge is 2.19. The van der Waals surface area contributed by atoms with E-state index in [1.54, 1.807) is 0 Å². The Hall–Kier alpha value is -0.203. The third kappa shape index (κ3) is 6.28. The zero-order chi connectivity index (χ0) is 11.0. The van der Waals surface area contributed by atoms with Gasteiger partial charge < -0.3 is 0 Å². The average Bonchev–Trinajstić information content (AvgIpc) is 2.09. The highest BCUT2D eigenvalue weighted by Crippen LogP contribution is 2.14. The lowest BCUT2D eigenvalue weighted by atomic mass is 10.5. The molecule has 0 aliphatic carbocycles. The van der Waals surface area contributed by atoms with E-state index in [0.29, 0.717) is 13.2 Å². The van der Waals surface area contributed by atoms with E-state index in [9.17, 15) is 0 Å². The maximum absolute atomic E-state index is 4.92. The number of hydrogen-bond donors (Lipinski definition) is 0. The summed E-state index contributed by atoms with van der Waals surface area (Å²) >= 11 is 0. The third-order valence-corrected chi connectivity index (χ3v) is 4.09. The molecule has 0 aromatic heterocycles. The van der Waals surface area contributed by atoms with Crippen LogP contribution in [0.1, 0.15) is 0 Å². The Kier molecular flexibility index (Phi) is 7.03. The van der Waals surface area contributed by atoms with Crippen LogP contribution >= 0.6 is 0 Å². The molecular formula is C9H20O4Si. The summed E-state index contributed by atoms with van der Waals surface area (Å²) in [6, 6.07) is 0. The van der Waals surface area contributed by atoms with E-state index in [-0.39, 0.29) is 0 Å².